The third-order valence-corrected chi connectivity index (χ3v) is 2.00. The number of aryl methyl sites for hydroxylation is 1. The van der Waals surface area contributed by atoms with Crippen molar-refractivity contribution in [1.29, 1.82) is 5.26 Å². The summed E-state index contributed by atoms with van der Waals surface area (Å²) in [5.41, 5.74) is 1.63. The summed E-state index contributed by atoms with van der Waals surface area (Å²) in [4.78, 5) is 0. The van der Waals surface area contributed by atoms with Gasteiger partial charge in [0.15, 0.2) is 0 Å². The smallest absolute Gasteiger partial charge is 0.240 e. The molecular formula is C12H9N3O. The van der Waals surface area contributed by atoms with Crippen LogP contribution in [0.4, 0.5) is 0 Å². The molecule has 2 rings (SSSR count). The maximum absolute atomic E-state index is 8.64. The van der Waals surface area contributed by atoms with E-state index in [2.05, 4.69) is 16.3 Å². The van der Waals surface area contributed by atoms with Crippen LogP contribution in [0.3, 0.4) is 0 Å². The summed E-state index contributed by atoms with van der Waals surface area (Å²) in [6.45, 7) is 1.74. The number of benzene rings is 1. The first-order chi connectivity index (χ1) is 7.78. The minimum Gasteiger partial charge on any atom is -0.422 e. The molecular weight excluding hydrogens is 202 g/mol. The predicted molar refractivity (Wildman–Crippen MR) is 59.1 cm³/mol. The van der Waals surface area contributed by atoms with Crippen LogP contribution in [0.25, 0.3) is 12.2 Å². The first kappa shape index (κ1) is 10.1. The second kappa shape index (κ2) is 4.41. The van der Waals surface area contributed by atoms with Crippen molar-refractivity contribution in [3.63, 3.8) is 0 Å². The Morgan fingerprint density at radius 1 is 1.19 bits per heavy atom. The molecule has 4 nitrogen and oxygen atoms in total. The van der Waals surface area contributed by atoms with Crippen LogP contribution in [-0.2, 0) is 0 Å². The van der Waals surface area contributed by atoms with Gasteiger partial charge in [0, 0.05) is 13.0 Å². The molecule has 1 aromatic carbocycles. The van der Waals surface area contributed by atoms with Crippen LogP contribution in [0.1, 0.15) is 22.9 Å². The minimum absolute atomic E-state index is 0.474. The van der Waals surface area contributed by atoms with Gasteiger partial charge in [-0.25, -0.2) is 0 Å². The van der Waals surface area contributed by atoms with Crippen LogP contribution in [0.5, 0.6) is 0 Å². The highest BCUT2D eigenvalue weighted by molar-refractivity contribution is 5.66. The number of rotatable bonds is 2. The predicted octanol–water partition coefficient (Wildman–Crippen LogP) is 2.42. The summed E-state index contributed by atoms with van der Waals surface area (Å²) >= 11 is 0. The van der Waals surface area contributed by atoms with Crippen molar-refractivity contribution >= 4 is 12.2 Å². The second-order valence-electron chi connectivity index (χ2n) is 3.23. The summed E-state index contributed by atoms with van der Waals surface area (Å²) < 4.78 is 5.19. The van der Waals surface area contributed by atoms with E-state index in [4.69, 9.17) is 9.68 Å². The Morgan fingerprint density at radius 2 is 1.94 bits per heavy atom. The summed E-state index contributed by atoms with van der Waals surface area (Å²) in [5, 5.41) is 16.2. The number of hydrogen-bond acceptors (Lipinski definition) is 4. The molecule has 4 heteroatoms. The molecule has 0 amide bonds. The monoisotopic (exact) mass is 211 g/mol. The molecule has 0 saturated heterocycles. The van der Waals surface area contributed by atoms with Crippen molar-refractivity contribution in [2.75, 3.05) is 0 Å². The van der Waals surface area contributed by atoms with E-state index >= 15 is 0 Å². The Labute approximate surface area is 92.9 Å². The van der Waals surface area contributed by atoms with Gasteiger partial charge in [-0.15, -0.1) is 10.2 Å². The van der Waals surface area contributed by atoms with Crippen LogP contribution in [-0.4, -0.2) is 10.2 Å². The number of nitrogens with zero attached hydrogens (tertiary/aromatic N) is 3. The zero-order chi connectivity index (χ0) is 11.4. The third-order valence-electron chi connectivity index (χ3n) is 2.00. The largest absolute Gasteiger partial charge is 0.422 e. The summed E-state index contributed by atoms with van der Waals surface area (Å²) in [6, 6.07) is 9.31. The molecule has 2 aromatic rings. The molecule has 1 aromatic heterocycles. The van der Waals surface area contributed by atoms with Gasteiger partial charge in [-0.3, -0.25) is 0 Å². The Hall–Kier alpha value is -2.41. The Balaban J connectivity index is 2.15. The SMILES string of the molecule is Cc1nnc(C=Cc2ccc(C#N)cc2)o1. The molecule has 0 atom stereocenters. The molecule has 1 heterocycles. The summed E-state index contributed by atoms with van der Waals surface area (Å²) in [5.74, 6) is 1.02. The van der Waals surface area contributed by atoms with E-state index in [1.54, 1.807) is 25.1 Å². The Morgan fingerprint density at radius 3 is 2.50 bits per heavy atom. The van der Waals surface area contributed by atoms with Gasteiger partial charge in [0.2, 0.25) is 11.8 Å². The standard InChI is InChI=1S/C12H9N3O/c1-9-14-15-12(16-9)7-6-10-2-4-11(8-13)5-3-10/h2-7H,1H3. The first-order valence-corrected chi connectivity index (χ1v) is 4.76. The molecule has 0 bridgehead atoms. The highest BCUT2D eigenvalue weighted by Gasteiger charge is 1.96. The van der Waals surface area contributed by atoms with Gasteiger partial charge in [-0.1, -0.05) is 12.1 Å². The topological polar surface area (TPSA) is 62.7 Å². The van der Waals surface area contributed by atoms with Crippen LogP contribution >= 0.6 is 0 Å². The van der Waals surface area contributed by atoms with Crippen molar-refractivity contribution in [1.82, 2.24) is 10.2 Å². The molecule has 0 aliphatic carbocycles. The number of nitriles is 1. The third kappa shape index (κ3) is 2.34. The lowest BCUT2D eigenvalue weighted by Gasteiger charge is -1.91. The van der Waals surface area contributed by atoms with Crippen molar-refractivity contribution < 1.29 is 4.42 Å². The second-order valence-corrected chi connectivity index (χ2v) is 3.23. The molecule has 78 valence electrons. The van der Waals surface area contributed by atoms with Crippen LogP contribution < -0.4 is 0 Å². The van der Waals surface area contributed by atoms with E-state index < -0.39 is 0 Å². The molecule has 0 N–H and O–H groups in total. The molecule has 16 heavy (non-hydrogen) atoms. The summed E-state index contributed by atoms with van der Waals surface area (Å²) in [6.07, 6.45) is 3.59. The molecule has 0 spiro atoms. The quantitative estimate of drug-likeness (QED) is 0.765. The van der Waals surface area contributed by atoms with Gasteiger partial charge >= 0.3 is 0 Å². The number of hydrogen-bond donors (Lipinski definition) is 0. The van der Waals surface area contributed by atoms with Crippen LogP contribution in [0.2, 0.25) is 0 Å². The van der Waals surface area contributed by atoms with Crippen molar-refractivity contribution in [3.8, 4) is 6.07 Å². The van der Waals surface area contributed by atoms with Gasteiger partial charge < -0.3 is 4.42 Å². The highest BCUT2D eigenvalue weighted by Crippen LogP contribution is 2.08. The van der Waals surface area contributed by atoms with Gasteiger partial charge in [0.25, 0.3) is 0 Å². The molecule has 0 unspecified atom stereocenters. The Bertz CT molecular complexity index is 546. The summed E-state index contributed by atoms with van der Waals surface area (Å²) in [7, 11) is 0. The lowest BCUT2D eigenvalue weighted by atomic mass is 10.1. The fraction of sp³-hybridized carbons (Fsp3) is 0.0833. The van der Waals surface area contributed by atoms with Crippen molar-refractivity contribution in [2.24, 2.45) is 0 Å². The van der Waals surface area contributed by atoms with Gasteiger partial charge in [-0.2, -0.15) is 5.26 Å². The van der Waals surface area contributed by atoms with E-state index in [1.807, 2.05) is 18.2 Å². The van der Waals surface area contributed by atoms with Gasteiger partial charge in [0.05, 0.1) is 11.6 Å². The molecule has 0 aliphatic heterocycles. The van der Waals surface area contributed by atoms with E-state index in [1.165, 1.54) is 0 Å². The van der Waals surface area contributed by atoms with Crippen LogP contribution in [0, 0.1) is 18.3 Å². The van der Waals surface area contributed by atoms with Crippen molar-refractivity contribution in [3.05, 3.63) is 47.2 Å². The first-order valence-electron chi connectivity index (χ1n) is 4.76. The highest BCUT2D eigenvalue weighted by atomic mass is 16.4. The van der Waals surface area contributed by atoms with E-state index in [-0.39, 0.29) is 0 Å². The fourth-order valence-electron chi connectivity index (χ4n) is 1.22. The average molecular weight is 211 g/mol. The number of aromatic nitrogens is 2. The zero-order valence-electron chi connectivity index (χ0n) is 8.71. The average Bonchev–Trinajstić information content (AvgIpc) is 2.73. The molecule has 0 saturated carbocycles. The van der Waals surface area contributed by atoms with Gasteiger partial charge in [-0.05, 0) is 23.8 Å². The Kier molecular flexibility index (Phi) is 2.79. The maximum Gasteiger partial charge on any atom is 0.240 e. The normalized spacial score (nSPS) is 10.5. The van der Waals surface area contributed by atoms with Gasteiger partial charge in [0.1, 0.15) is 0 Å². The van der Waals surface area contributed by atoms with E-state index in [0.29, 0.717) is 17.3 Å². The van der Waals surface area contributed by atoms with Crippen molar-refractivity contribution in [2.45, 2.75) is 6.92 Å². The lowest BCUT2D eigenvalue weighted by molar-refractivity contribution is 0.510. The maximum atomic E-state index is 8.64. The van der Waals surface area contributed by atoms with E-state index in [0.717, 1.165) is 5.56 Å². The lowest BCUT2D eigenvalue weighted by Crippen LogP contribution is -1.75. The zero-order valence-corrected chi connectivity index (χ0v) is 8.71. The molecule has 0 radical (unpaired) electrons. The fourth-order valence-corrected chi connectivity index (χ4v) is 1.22. The van der Waals surface area contributed by atoms with Crippen LogP contribution in [0.15, 0.2) is 28.7 Å². The molecule has 0 aliphatic rings. The minimum atomic E-state index is 0.474. The van der Waals surface area contributed by atoms with E-state index in [9.17, 15) is 0 Å². The molecule has 0 fully saturated rings.